The molecule has 4 rings (SSSR count). The lowest BCUT2D eigenvalue weighted by atomic mass is 9.96. The van der Waals surface area contributed by atoms with E-state index >= 15 is 0 Å². The molecule has 0 radical (unpaired) electrons. The van der Waals surface area contributed by atoms with Crippen molar-refractivity contribution >= 4 is 11.6 Å². The van der Waals surface area contributed by atoms with Crippen LogP contribution in [0.5, 0.6) is 11.5 Å². The molecule has 0 aromatic heterocycles. The Labute approximate surface area is 198 Å². The summed E-state index contributed by atoms with van der Waals surface area (Å²) in [6.07, 6.45) is 0. The molecule has 1 heterocycles. The van der Waals surface area contributed by atoms with Gasteiger partial charge in [-0.1, -0.05) is 60.7 Å². The van der Waals surface area contributed by atoms with Crippen LogP contribution in [0.1, 0.15) is 17.2 Å². The van der Waals surface area contributed by atoms with Crippen LogP contribution in [0.25, 0.3) is 0 Å². The van der Waals surface area contributed by atoms with Crippen LogP contribution in [-0.2, 0) is 4.79 Å². The van der Waals surface area contributed by atoms with E-state index in [-0.39, 0.29) is 30.0 Å². The van der Waals surface area contributed by atoms with E-state index in [0.29, 0.717) is 18.8 Å². The van der Waals surface area contributed by atoms with Crippen LogP contribution in [0, 0.1) is 10.1 Å². The smallest absolute Gasteiger partial charge is 0.273 e. The molecule has 1 aliphatic heterocycles. The second-order valence-electron chi connectivity index (χ2n) is 8.02. The van der Waals surface area contributed by atoms with Gasteiger partial charge in [-0.05, 0) is 17.2 Å². The SMILES string of the molecule is COc1cc([N+](=O)[O-])ccc1OCC(=O)N1CCN(C(c2ccccc2)c2ccccc2)CC1. The standard InChI is InChI=1S/C26H27N3O5/c1-33-24-18-22(29(31)32)12-13-23(24)34-19-25(30)27-14-16-28(17-15-27)26(20-8-4-2-5-9-20)21-10-6-3-7-11-21/h2-13,18,26H,14-17,19H2,1H3. The molecular formula is C26H27N3O5. The Balaban J connectivity index is 1.38. The van der Waals surface area contributed by atoms with Gasteiger partial charge < -0.3 is 14.4 Å². The fourth-order valence-electron chi connectivity index (χ4n) is 4.23. The highest BCUT2D eigenvalue weighted by Gasteiger charge is 2.28. The van der Waals surface area contributed by atoms with E-state index in [0.717, 1.165) is 13.1 Å². The second-order valence-corrected chi connectivity index (χ2v) is 8.02. The van der Waals surface area contributed by atoms with Crippen molar-refractivity contribution in [2.24, 2.45) is 0 Å². The second kappa shape index (κ2) is 10.8. The zero-order chi connectivity index (χ0) is 23.9. The fourth-order valence-corrected chi connectivity index (χ4v) is 4.23. The molecule has 1 fully saturated rings. The number of piperazine rings is 1. The lowest BCUT2D eigenvalue weighted by Gasteiger charge is -2.39. The van der Waals surface area contributed by atoms with E-state index in [1.165, 1.54) is 36.4 Å². The van der Waals surface area contributed by atoms with Crippen LogP contribution >= 0.6 is 0 Å². The summed E-state index contributed by atoms with van der Waals surface area (Å²) < 4.78 is 10.8. The number of non-ortho nitro benzene ring substituents is 1. The molecule has 3 aromatic rings. The molecule has 1 amide bonds. The van der Waals surface area contributed by atoms with Gasteiger partial charge in [-0.3, -0.25) is 19.8 Å². The number of hydrogen-bond acceptors (Lipinski definition) is 6. The van der Waals surface area contributed by atoms with Crippen molar-refractivity contribution in [2.75, 3.05) is 39.9 Å². The number of methoxy groups -OCH3 is 1. The Morgan fingerprint density at radius 3 is 2.03 bits per heavy atom. The summed E-state index contributed by atoms with van der Waals surface area (Å²) in [5.74, 6) is 0.393. The first-order valence-electron chi connectivity index (χ1n) is 11.1. The van der Waals surface area contributed by atoms with Crippen molar-refractivity contribution in [1.82, 2.24) is 9.80 Å². The van der Waals surface area contributed by atoms with E-state index in [1.54, 1.807) is 4.90 Å². The van der Waals surface area contributed by atoms with Gasteiger partial charge >= 0.3 is 0 Å². The number of ether oxygens (including phenoxy) is 2. The zero-order valence-corrected chi connectivity index (χ0v) is 19.0. The number of benzene rings is 3. The fraction of sp³-hybridized carbons (Fsp3) is 0.269. The van der Waals surface area contributed by atoms with Gasteiger partial charge in [0.05, 0.1) is 24.1 Å². The molecule has 0 N–H and O–H groups in total. The molecule has 1 saturated heterocycles. The number of carbonyl (C=O) groups is 1. The van der Waals surface area contributed by atoms with Crippen LogP contribution in [0.3, 0.4) is 0 Å². The Morgan fingerprint density at radius 2 is 1.50 bits per heavy atom. The van der Waals surface area contributed by atoms with Crippen LogP contribution in [-0.4, -0.2) is 60.5 Å². The molecule has 0 unspecified atom stereocenters. The molecule has 3 aromatic carbocycles. The maximum atomic E-state index is 12.8. The number of nitro benzene ring substituents is 1. The Bertz CT molecular complexity index is 1080. The predicted molar refractivity (Wildman–Crippen MR) is 128 cm³/mol. The molecule has 34 heavy (non-hydrogen) atoms. The molecular weight excluding hydrogens is 434 g/mol. The van der Waals surface area contributed by atoms with E-state index in [9.17, 15) is 14.9 Å². The predicted octanol–water partition coefficient (Wildman–Crippen LogP) is 3.92. The average Bonchev–Trinajstić information content (AvgIpc) is 2.89. The first kappa shape index (κ1) is 23.3. The van der Waals surface area contributed by atoms with Crippen molar-refractivity contribution in [2.45, 2.75) is 6.04 Å². The first-order chi connectivity index (χ1) is 16.6. The molecule has 8 nitrogen and oxygen atoms in total. The molecule has 0 saturated carbocycles. The van der Waals surface area contributed by atoms with Gasteiger partial charge in [0.25, 0.3) is 11.6 Å². The van der Waals surface area contributed by atoms with Crippen LogP contribution in [0.4, 0.5) is 5.69 Å². The molecule has 0 bridgehead atoms. The minimum absolute atomic E-state index is 0.0990. The topological polar surface area (TPSA) is 85.2 Å². The summed E-state index contributed by atoms with van der Waals surface area (Å²) in [6, 6.07) is 25.0. The van der Waals surface area contributed by atoms with Gasteiger partial charge in [-0.15, -0.1) is 0 Å². The Morgan fingerprint density at radius 1 is 0.912 bits per heavy atom. The van der Waals surface area contributed by atoms with Crippen molar-refractivity contribution in [1.29, 1.82) is 0 Å². The number of amides is 1. The van der Waals surface area contributed by atoms with Crippen LogP contribution in [0.2, 0.25) is 0 Å². The quantitative estimate of drug-likeness (QED) is 0.373. The molecule has 1 aliphatic rings. The third-order valence-corrected chi connectivity index (χ3v) is 5.97. The molecule has 0 spiro atoms. The Kier molecular flexibility index (Phi) is 7.39. The number of rotatable bonds is 8. The number of hydrogen-bond donors (Lipinski definition) is 0. The molecule has 176 valence electrons. The summed E-state index contributed by atoms with van der Waals surface area (Å²) in [6.45, 7) is 2.50. The minimum atomic E-state index is -0.505. The summed E-state index contributed by atoms with van der Waals surface area (Å²) in [5, 5.41) is 11.0. The van der Waals surface area contributed by atoms with E-state index < -0.39 is 4.92 Å². The third-order valence-electron chi connectivity index (χ3n) is 5.97. The highest BCUT2D eigenvalue weighted by molar-refractivity contribution is 5.78. The minimum Gasteiger partial charge on any atom is -0.493 e. The largest absolute Gasteiger partial charge is 0.493 e. The highest BCUT2D eigenvalue weighted by atomic mass is 16.6. The summed E-state index contributed by atoms with van der Waals surface area (Å²) in [7, 11) is 1.41. The monoisotopic (exact) mass is 461 g/mol. The van der Waals surface area contributed by atoms with Crippen LogP contribution < -0.4 is 9.47 Å². The highest BCUT2D eigenvalue weighted by Crippen LogP contribution is 2.32. The number of nitro groups is 1. The van der Waals surface area contributed by atoms with E-state index in [2.05, 4.69) is 53.4 Å². The number of nitrogens with zero attached hydrogens (tertiary/aromatic N) is 3. The van der Waals surface area contributed by atoms with Crippen molar-refractivity contribution in [3.63, 3.8) is 0 Å². The lowest BCUT2D eigenvalue weighted by molar-refractivity contribution is -0.384. The van der Waals surface area contributed by atoms with Crippen molar-refractivity contribution in [3.8, 4) is 11.5 Å². The summed E-state index contributed by atoms with van der Waals surface area (Å²) >= 11 is 0. The van der Waals surface area contributed by atoms with E-state index in [1.807, 2.05) is 12.1 Å². The van der Waals surface area contributed by atoms with Gasteiger partial charge in [0.2, 0.25) is 0 Å². The van der Waals surface area contributed by atoms with Gasteiger partial charge in [-0.25, -0.2) is 0 Å². The molecule has 0 atom stereocenters. The maximum Gasteiger partial charge on any atom is 0.273 e. The average molecular weight is 462 g/mol. The third kappa shape index (κ3) is 5.35. The van der Waals surface area contributed by atoms with Crippen molar-refractivity contribution in [3.05, 3.63) is 100 Å². The molecule has 8 heteroatoms. The summed E-state index contributed by atoms with van der Waals surface area (Å²) in [5.41, 5.74) is 2.35. The van der Waals surface area contributed by atoms with Crippen LogP contribution in [0.15, 0.2) is 78.9 Å². The van der Waals surface area contributed by atoms with Gasteiger partial charge in [-0.2, -0.15) is 0 Å². The normalized spacial score (nSPS) is 14.1. The molecule has 0 aliphatic carbocycles. The summed E-state index contributed by atoms with van der Waals surface area (Å²) in [4.78, 5) is 27.4. The van der Waals surface area contributed by atoms with Gasteiger partial charge in [0.1, 0.15) is 0 Å². The van der Waals surface area contributed by atoms with Crippen molar-refractivity contribution < 1.29 is 19.2 Å². The van der Waals surface area contributed by atoms with Gasteiger partial charge in [0, 0.05) is 32.2 Å². The van der Waals surface area contributed by atoms with Gasteiger partial charge in [0.15, 0.2) is 18.1 Å². The lowest BCUT2D eigenvalue weighted by Crippen LogP contribution is -2.51. The Hall–Kier alpha value is -3.91. The van der Waals surface area contributed by atoms with E-state index in [4.69, 9.17) is 9.47 Å². The number of carbonyl (C=O) groups excluding carboxylic acids is 1. The maximum absolute atomic E-state index is 12.8. The first-order valence-corrected chi connectivity index (χ1v) is 11.1. The zero-order valence-electron chi connectivity index (χ0n) is 19.0.